The summed E-state index contributed by atoms with van der Waals surface area (Å²) in [6.45, 7) is 5.58. The zero-order valence-electron chi connectivity index (χ0n) is 13.0. The molecule has 2 amide bonds. The Morgan fingerprint density at radius 1 is 1.24 bits per heavy atom. The van der Waals surface area contributed by atoms with Gasteiger partial charge < -0.3 is 10.1 Å². The van der Waals surface area contributed by atoms with E-state index in [2.05, 4.69) is 5.32 Å². The van der Waals surface area contributed by atoms with Crippen LogP contribution in [-0.2, 0) is 9.59 Å². The molecule has 0 aliphatic carbocycles. The van der Waals surface area contributed by atoms with Crippen molar-refractivity contribution in [3.63, 3.8) is 0 Å². The highest BCUT2D eigenvalue weighted by molar-refractivity contribution is 6.10. The average Bonchev–Trinajstić information content (AvgIpc) is 2.50. The second kappa shape index (κ2) is 5.76. The third kappa shape index (κ3) is 2.60. The van der Waals surface area contributed by atoms with Gasteiger partial charge in [0, 0.05) is 5.69 Å². The summed E-state index contributed by atoms with van der Waals surface area (Å²) in [5.74, 6) is 0.554. The van der Waals surface area contributed by atoms with Gasteiger partial charge in [-0.15, -0.1) is 0 Å². The van der Waals surface area contributed by atoms with Gasteiger partial charge in [-0.2, -0.15) is 0 Å². The van der Waals surface area contributed by atoms with Gasteiger partial charge in [0.1, 0.15) is 17.3 Å². The van der Waals surface area contributed by atoms with Crippen LogP contribution in [0.4, 0.5) is 5.69 Å². The first-order chi connectivity index (χ1) is 9.96. The predicted molar refractivity (Wildman–Crippen MR) is 81.4 cm³/mol. The Morgan fingerprint density at radius 3 is 2.33 bits per heavy atom. The maximum absolute atomic E-state index is 12.8. The largest absolute Gasteiger partial charge is 0.497 e. The molecule has 1 N–H and O–H groups in total. The fourth-order valence-electron chi connectivity index (χ4n) is 2.58. The Balaban J connectivity index is 2.43. The van der Waals surface area contributed by atoms with Crippen LogP contribution in [0.3, 0.4) is 0 Å². The number of anilines is 1. The quantitative estimate of drug-likeness (QED) is 0.924. The van der Waals surface area contributed by atoms with Gasteiger partial charge in [-0.05, 0) is 44.0 Å². The number of benzene rings is 1. The normalized spacial score (nSPS) is 25.7. The summed E-state index contributed by atoms with van der Waals surface area (Å²) in [5.41, 5.74) is -0.120. The first-order valence-corrected chi connectivity index (χ1v) is 7.26. The van der Waals surface area contributed by atoms with E-state index in [0.29, 0.717) is 12.8 Å². The molecule has 2 rings (SSSR count). The molecule has 2 unspecified atom stereocenters. The van der Waals surface area contributed by atoms with Crippen LogP contribution in [0.15, 0.2) is 24.3 Å². The van der Waals surface area contributed by atoms with E-state index in [1.54, 1.807) is 31.1 Å². The van der Waals surface area contributed by atoms with Gasteiger partial charge in [0.05, 0.1) is 7.11 Å². The summed E-state index contributed by atoms with van der Waals surface area (Å²) in [4.78, 5) is 26.8. The number of nitrogens with zero attached hydrogens (tertiary/aromatic N) is 1. The molecular weight excluding hydrogens is 268 g/mol. The molecule has 5 heteroatoms. The standard InChI is InChI=1S/C16H22N2O3/c1-5-13-14(19)17-16(3,6-2)15(20)18(13)11-7-9-12(21-4)10-8-11/h7-10,13H,5-6H2,1-4H3,(H,17,19). The maximum atomic E-state index is 12.8. The molecule has 1 aromatic carbocycles. The lowest BCUT2D eigenvalue weighted by Crippen LogP contribution is -2.69. The number of ether oxygens (including phenoxy) is 1. The number of carbonyl (C=O) groups excluding carboxylic acids is 2. The van der Waals surface area contributed by atoms with Crippen LogP contribution in [0, 0.1) is 0 Å². The van der Waals surface area contributed by atoms with Gasteiger partial charge in [-0.1, -0.05) is 13.8 Å². The summed E-state index contributed by atoms with van der Waals surface area (Å²) in [5, 5.41) is 2.86. The number of methoxy groups -OCH3 is 1. The minimum atomic E-state index is -0.845. The van der Waals surface area contributed by atoms with Gasteiger partial charge in [0.25, 0.3) is 5.91 Å². The van der Waals surface area contributed by atoms with Crippen LogP contribution >= 0.6 is 0 Å². The van der Waals surface area contributed by atoms with Crippen molar-refractivity contribution in [2.45, 2.75) is 45.2 Å². The van der Waals surface area contributed by atoms with Crippen molar-refractivity contribution in [3.8, 4) is 5.75 Å². The predicted octanol–water partition coefficient (Wildman–Crippen LogP) is 2.11. The molecule has 1 aliphatic rings. The lowest BCUT2D eigenvalue weighted by atomic mass is 9.90. The third-order valence-corrected chi connectivity index (χ3v) is 4.15. The number of carbonyl (C=O) groups is 2. The van der Waals surface area contributed by atoms with Crippen molar-refractivity contribution in [2.24, 2.45) is 0 Å². The fraction of sp³-hybridized carbons (Fsp3) is 0.500. The third-order valence-electron chi connectivity index (χ3n) is 4.15. The Kier molecular flexibility index (Phi) is 4.21. The van der Waals surface area contributed by atoms with Crippen molar-refractivity contribution in [2.75, 3.05) is 12.0 Å². The molecule has 1 saturated heterocycles. The molecule has 1 heterocycles. The summed E-state index contributed by atoms with van der Waals surface area (Å²) in [6, 6.07) is 6.75. The van der Waals surface area contributed by atoms with E-state index in [0.717, 1.165) is 11.4 Å². The molecule has 1 aromatic rings. The van der Waals surface area contributed by atoms with Crippen LogP contribution in [0.2, 0.25) is 0 Å². The van der Waals surface area contributed by atoms with Gasteiger partial charge in [-0.3, -0.25) is 14.5 Å². The Bertz CT molecular complexity index is 541. The number of nitrogens with one attached hydrogen (secondary N) is 1. The molecule has 114 valence electrons. The van der Waals surface area contributed by atoms with Crippen molar-refractivity contribution in [1.82, 2.24) is 5.32 Å². The molecule has 2 atom stereocenters. The molecular formula is C16H22N2O3. The van der Waals surface area contributed by atoms with E-state index < -0.39 is 11.6 Å². The number of hydrogen-bond donors (Lipinski definition) is 1. The lowest BCUT2D eigenvalue weighted by Gasteiger charge is -2.43. The number of amides is 2. The minimum absolute atomic E-state index is 0.0679. The zero-order valence-corrected chi connectivity index (χ0v) is 13.0. The van der Waals surface area contributed by atoms with E-state index in [1.807, 2.05) is 26.0 Å². The number of piperazine rings is 1. The highest BCUT2D eigenvalue weighted by Crippen LogP contribution is 2.29. The van der Waals surface area contributed by atoms with E-state index in [1.165, 1.54) is 0 Å². The van der Waals surface area contributed by atoms with Crippen LogP contribution in [-0.4, -0.2) is 30.5 Å². The Morgan fingerprint density at radius 2 is 1.86 bits per heavy atom. The van der Waals surface area contributed by atoms with Crippen LogP contribution < -0.4 is 15.0 Å². The first-order valence-electron chi connectivity index (χ1n) is 7.26. The fourth-order valence-corrected chi connectivity index (χ4v) is 2.58. The van der Waals surface area contributed by atoms with E-state index >= 15 is 0 Å². The maximum Gasteiger partial charge on any atom is 0.253 e. The highest BCUT2D eigenvalue weighted by atomic mass is 16.5. The van der Waals surface area contributed by atoms with Gasteiger partial charge >= 0.3 is 0 Å². The Hall–Kier alpha value is -2.04. The molecule has 0 saturated carbocycles. The van der Waals surface area contributed by atoms with Gasteiger partial charge in [-0.25, -0.2) is 0 Å². The first kappa shape index (κ1) is 15.4. The molecule has 1 aliphatic heterocycles. The minimum Gasteiger partial charge on any atom is -0.497 e. The van der Waals surface area contributed by atoms with E-state index in [9.17, 15) is 9.59 Å². The van der Waals surface area contributed by atoms with Crippen molar-refractivity contribution in [3.05, 3.63) is 24.3 Å². The molecule has 0 spiro atoms. The van der Waals surface area contributed by atoms with E-state index in [-0.39, 0.29) is 11.8 Å². The molecule has 5 nitrogen and oxygen atoms in total. The second-order valence-electron chi connectivity index (χ2n) is 5.47. The second-order valence-corrected chi connectivity index (χ2v) is 5.47. The molecule has 1 fully saturated rings. The van der Waals surface area contributed by atoms with Gasteiger partial charge in [0.15, 0.2) is 0 Å². The van der Waals surface area contributed by atoms with Crippen molar-refractivity contribution >= 4 is 17.5 Å². The zero-order chi connectivity index (χ0) is 15.6. The van der Waals surface area contributed by atoms with Crippen molar-refractivity contribution in [1.29, 1.82) is 0 Å². The summed E-state index contributed by atoms with van der Waals surface area (Å²) < 4.78 is 5.14. The molecule has 21 heavy (non-hydrogen) atoms. The summed E-state index contributed by atoms with van der Waals surface area (Å²) in [6.07, 6.45) is 1.13. The average molecular weight is 290 g/mol. The summed E-state index contributed by atoms with van der Waals surface area (Å²) >= 11 is 0. The molecule has 0 aromatic heterocycles. The van der Waals surface area contributed by atoms with Crippen LogP contribution in [0.25, 0.3) is 0 Å². The monoisotopic (exact) mass is 290 g/mol. The smallest absolute Gasteiger partial charge is 0.253 e. The lowest BCUT2D eigenvalue weighted by molar-refractivity contribution is -0.138. The molecule has 0 bridgehead atoms. The topological polar surface area (TPSA) is 58.6 Å². The Labute approximate surface area is 125 Å². The number of hydrogen-bond acceptors (Lipinski definition) is 3. The van der Waals surface area contributed by atoms with E-state index in [4.69, 9.17) is 4.74 Å². The van der Waals surface area contributed by atoms with Crippen LogP contribution in [0.1, 0.15) is 33.6 Å². The highest BCUT2D eigenvalue weighted by Gasteiger charge is 2.46. The van der Waals surface area contributed by atoms with Crippen LogP contribution in [0.5, 0.6) is 5.75 Å². The van der Waals surface area contributed by atoms with Crippen molar-refractivity contribution < 1.29 is 14.3 Å². The number of rotatable bonds is 4. The van der Waals surface area contributed by atoms with Gasteiger partial charge in [0.2, 0.25) is 5.91 Å². The summed E-state index contributed by atoms with van der Waals surface area (Å²) in [7, 11) is 1.59. The SMILES string of the molecule is CCC1C(=O)NC(C)(CC)C(=O)N1c1ccc(OC)cc1. The molecule has 0 radical (unpaired) electrons.